The van der Waals surface area contributed by atoms with Crippen molar-refractivity contribution in [1.29, 1.82) is 0 Å². The van der Waals surface area contributed by atoms with Gasteiger partial charge < -0.3 is 10.4 Å². The van der Waals surface area contributed by atoms with Gasteiger partial charge in [-0.2, -0.15) is 0 Å². The van der Waals surface area contributed by atoms with Gasteiger partial charge >= 0.3 is 5.97 Å². The van der Waals surface area contributed by atoms with Crippen molar-refractivity contribution in [3.63, 3.8) is 0 Å². The van der Waals surface area contributed by atoms with Crippen LogP contribution in [0.15, 0.2) is 85.1 Å². The highest BCUT2D eigenvalue weighted by atomic mass is 16.4. The Morgan fingerprint density at radius 1 is 0.786 bits per heavy atom. The van der Waals surface area contributed by atoms with Gasteiger partial charge in [-0.3, -0.25) is 9.78 Å². The summed E-state index contributed by atoms with van der Waals surface area (Å²) in [4.78, 5) is 27.7. The van der Waals surface area contributed by atoms with E-state index in [0.717, 1.165) is 22.0 Å². The van der Waals surface area contributed by atoms with E-state index in [4.69, 9.17) is 5.11 Å². The molecular weight excluding hydrogens is 352 g/mol. The molecule has 3 aromatic carbocycles. The molecule has 1 aromatic heterocycles. The Balaban J connectivity index is 1.55. The number of rotatable bonds is 4. The van der Waals surface area contributed by atoms with E-state index in [0.29, 0.717) is 11.3 Å². The van der Waals surface area contributed by atoms with Gasteiger partial charge in [0, 0.05) is 28.4 Å². The number of hydrogen-bond acceptors (Lipinski definition) is 3. The number of fused-ring (bicyclic) bond motifs is 1. The molecule has 28 heavy (non-hydrogen) atoms. The second-order valence-electron chi connectivity index (χ2n) is 6.30. The molecule has 4 rings (SSSR count). The molecule has 0 aliphatic heterocycles. The Kier molecular flexibility index (Phi) is 4.56. The Morgan fingerprint density at radius 2 is 1.50 bits per heavy atom. The van der Waals surface area contributed by atoms with Crippen molar-refractivity contribution in [2.75, 3.05) is 5.32 Å². The lowest BCUT2D eigenvalue weighted by atomic mass is 10.1. The maximum atomic E-state index is 12.6. The predicted octanol–water partition coefficient (Wildman–Crippen LogP) is 4.85. The van der Waals surface area contributed by atoms with Crippen LogP contribution >= 0.6 is 0 Å². The first-order valence-corrected chi connectivity index (χ1v) is 8.71. The van der Waals surface area contributed by atoms with E-state index >= 15 is 0 Å². The van der Waals surface area contributed by atoms with E-state index in [1.165, 1.54) is 12.3 Å². The zero-order valence-corrected chi connectivity index (χ0v) is 14.8. The second-order valence-corrected chi connectivity index (χ2v) is 6.30. The molecule has 4 aromatic rings. The maximum Gasteiger partial charge on any atom is 0.337 e. The molecular formula is C23H16N2O3. The van der Waals surface area contributed by atoms with Crippen LogP contribution in [0.1, 0.15) is 20.7 Å². The highest BCUT2D eigenvalue weighted by Gasteiger charge is 2.10. The minimum absolute atomic E-state index is 0.134. The van der Waals surface area contributed by atoms with Crippen molar-refractivity contribution in [3.8, 4) is 11.3 Å². The van der Waals surface area contributed by atoms with Gasteiger partial charge in [-0.05, 0) is 35.7 Å². The highest BCUT2D eigenvalue weighted by Crippen LogP contribution is 2.24. The van der Waals surface area contributed by atoms with Crippen LogP contribution in [0.25, 0.3) is 22.0 Å². The molecule has 0 fully saturated rings. The lowest BCUT2D eigenvalue weighted by molar-refractivity contribution is 0.0696. The van der Waals surface area contributed by atoms with Crippen molar-refractivity contribution in [1.82, 2.24) is 4.98 Å². The van der Waals surface area contributed by atoms with Crippen LogP contribution in [0.2, 0.25) is 0 Å². The SMILES string of the molecule is O=C(O)c1ccc(-c2ccc(C(=O)Nc3cccc4ccccc34)cc2)nc1. The van der Waals surface area contributed by atoms with Crippen molar-refractivity contribution < 1.29 is 14.7 Å². The molecule has 1 amide bonds. The smallest absolute Gasteiger partial charge is 0.337 e. The van der Waals surface area contributed by atoms with Gasteiger partial charge in [0.15, 0.2) is 0 Å². The number of aromatic nitrogens is 1. The number of nitrogens with zero attached hydrogens (tertiary/aromatic N) is 1. The van der Waals surface area contributed by atoms with Gasteiger partial charge in [-0.1, -0.05) is 48.5 Å². The number of carboxylic acid groups (broad SMARTS) is 1. The molecule has 5 heteroatoms. The molecule has 0 radical (unpaired) electrons. The standard InChI is InChI=1S/C23H16N2O3/c26-22(25-21-7-3-5-15-4-1-2-6-19(15)21)17-10-8-16(9-11-17)20-13-12-18(14-24-20)23(27)28/h1-14H,(H,25,26)(H,27,28). The summed E-state index contributed by atoms with van der Waals surface area (Å²) in [6.07, 6.45) is 1.32. The Hall–Kier alpha value is -3.99. The summed E-state index contributed by atoms with van der Waals surface area (Å²) >= 11 is 0. The van der Waals surface area contributed by atoms with Crippen LogP contribution in [0, 0.1) is 0 Å². The van der Waals surface area contributed by atoms with Crippen molar-refractivity contribution in [3.05, 3.63) is 96.2 Å². The minimum atomic E-state index is -1.01. The molecule has 1 heterocycles. The van der Waals surface area contributed by atoms with Gasteiger partial charge in [-0.25, -0.2) is 4.79 Å². The van der Waals surface area contributed by atoms with Crippen LogP contribution in [-0.2, 0) is 0 Å². The molecule has 2 N–H and O–H groups in total. The number of anilines is 1. The fourth-order valence-corrected chi connectivity index (χ4v) is 3.01. The van der Waals surface area contributed by atoms with Crippen LogP contribution in [-0.4, -0.2) is 22.0 Å². The van der Waals surface area contributed by atoms with E-state index in [1.54, 1.807) is 30.3 Å². The molecule has 0 aliphatic carbocycles. The van der Waals surface area contributed by atoms with Crippen LogP contribution < -0.4 is 5.32 Å². The molecule has 0 saturated heterocycles. The molecule has 0 unspecified atom stereocenters. The number of hydrogen-bond donors (Lipinski definition) is 2. The molecule has 5 nitrogen and oxygen atoms in total. The van der Waals surface area contributed by atoms with Gasteiger partial charge in [0.25, 0.3) is 5.91 Å². The number of pyridine rings is 1. The first kappa shape index (κ1) is 17.4. The normalized spacial score (nSPS) is 10.6. The summed E-state index contributed by atoms with van der Waals surface area (Å²) < 4.78 is 0. The molecule has 0 aliphatic rings. The maximum absolute atomic E-state index is 12.6. The fraction of sp³-hybridized carbons (Fsp3) is 0. The first-order valence-electron chi connectivity index (χ1n) is 8.71. The predicted molar refractivity (Wildman–Crippen MR) is 109 cm³/mol. The van der Waals surface area contributed by atoms with E-state index in [-0.39, 0.29) is 11.5 Å². The number of carbonyl (C=O) groups excluding carboxylic acids is 1. The average Bonchev–Trinajstić information content (AvgIpc) is 2.74. The third-order valence-corrected chi connectivity index (χ3v) is 4.49. The Morgan fingerprint density at radius 3 is 2.21 bits per heavy atom. The summed E-state index contributed by atoms with van der Waals surface area (Å²) in [5, 5.41) is 14.0. The number of benzene rings is 3. The third-order valence-electron chi connectivity index (χ3n) is 4.49. The zero-order chi connectivity index (χ0) is 19.5. The van der Waals surface area contributed by atoms with Crippen molar-refractivity contribution in [2.24, 2.45) is 0 Å². The first-order chi connectivity index (χ1) is 13.6. The number of carboxylic acids is 1. The largest absolute Gasteiger partial charge is 0.478 e. The quantitative estimate of drug-likeness (QED) is 0.539. The van der Waals surface area contributed by atoms with Crippen LogP contribution in [0.3, 0.4) is 0 Å². The molecule has 136 valence electrons. The monoisotopic (exact) mass is 368 g/mol. The average molecular weight is 368 g/mol. The number of nitrogens with one attached hydrogen (secondary N) is 1. The third kappa shape index (κ3) is 3.46. The summed E-state index contributed by atoms with van der Waals surface area (Å²) in [5.74, 6) is -1.21. The van der Waals surface area contributed by atoms with Crippen LogP contribution in [0.5, 0.6) is 0 Å². The van der Waals surface area contributed by atoms with Crippen molar-refractivity contribution in [2.45, 2.75) is 0 Å². The summed E-state index contributed by atoms with van der Waals surface area (Å²) in [6, 6.07) is 23.9. The van der Waals surface area contributed by atoms with Crippen molar-refractivity contribution >= 4 is 28.3 Å². The molecule has 0 atom stereocenters. The topological polar surface area (TPSA) is 79.3 Å². The number of carbonyl (C=O) groups is 2. The van der Waals surface area contributed by atoms with Gasteiger partial charge in [-0.15, -0.1) is 0 Å². The molecule has 0 saturated carbocycles. The summed E-state index contributed by atoms with van der Waals surface area (Å²) in [7, 11) is 0. The van der Waals surface area contributed by atoms with E-state index in [9.17, 15) is 9.59 Å². The minimum Gasteiger partial charge on any atom is -0.478 e. The van der Waals surface area contributed by atoms with E-state index in [2.05, 4.69) is 10.3 Å². The Bertz CT molecular complexity index is 1160. The van der Waals surface area contributed by atoms with Gasteiger partial charge in [0.05, 0.1) is 11.3 Å². The lowest BCUT2D eigenvalue weighted by Crippen LogP contribution is -2.12. The second kappa shape index (κ2) is 7.32. The fourth-order valence-electron chi connectivity index (χ4n) is 3.01. The summed E-state index contributed by atoms with van der Waals surface area (Å²) in [6.45, 7) is 0. The number of aromatic carboxylic acids is 1. The lowest BCUT2D eigenvalue weighted by Gasteiger charge is -2.09. The Labute approximate surface area is 161 Å². The summed E-state index contributed by atoms with van der Waals surface area (Å²) in [5.41, 5.74) is 2.87. The zero-order valence-electron chi connectivity index (χ0n) is 14.8. The number of amides is 1. The van der Waals surface area contributed by atoms with Gasteiger partial charge in [0.1, 0.15) is 0 Å². The van der Waals surface area contributed by atoms with Gasteiger partial charge in [0.2, 0.25) is 0 Å². The van der Waals surface area contributed by atoms with E-state index < -0.39 is 5.97 Å². The highest BCUT2D eigenvalue weighted by molar-refractivity contribution is 6.09. The van der Waals surface area contributed by atoms with E-state index in [1.807, 2.05) is 42.5 Å². The molecule has 0 spiro atoms. The van der Waals surface area contributed by atoms with Crippen LogP contribution in [0.4, 0.5) is 5.69 Å². The molecule has 0 bridgehead atoms.